The fourth-order valence-electron chi connectivity index (χ4n) is 2.61. The molecular weight excluding hydrogens is 268 g/mol. The lowest BCUT2D eigenvalue weighted by Gasteiger charge is -2.32. The largest absolute Gasteiger partial charge is 0.496 e. The van der Waals surface area contributed by atoms with E-state index in [1.807, 2.05) is 31.2 Å². The number of piperazine rings is 1. The maximum atomic E-state index is 12.3. The average molecular weight is 290 g/mol. The molecule has 5 nitrogen and oxygen atoms in total. The van der Waals surface area contributed by atoms with Crippen LogP contribution in [0, 0.1) is 0 Å². The van der Waals surface area contributed by atoms with Gasteiger partial charge in [0.15, 0.2) is 0 Å². The fourth-order valence-corrected chi connectivity index (χ4v) is 2.61. The fraction of sp³-hybridized carbons (Fsp3) is 0.500. The van der Waals surface area contributed by atoms with Gasteiger partial charge in [0.2, 0.25) is 11.8 Å². The summed E-state index contributed by atoms with van der Waals surface area (Å²) in [6, 6.07) is 7.38. The second-order valence-electron chi connectivity index (χ2n) is 5.23. The van der Waals surface area contributed by atoms with Crippen molar-refractivity contribution in [2.24, 2.45) is 0 Å². The van der Waals surface area contributed by atoms with Crippen molar-refractivity contribution in [3.8, 4) is 5.75 Å². The highest BCUT2D eigenvalue weighted by atomic mass is 16.5. The van der Waals surface area contributed by atoms with Crippen LogP contribution in [0.5, 0.6) is 5.75 Å². The number of carbonyl (C=O) groups is 2. The number of ether oxygens (including phenoxy) is 1. The molecule has 0 aliphatic carbocycles. The van der Waals surface area contributed by atoms with E-state index < -0.39 is 0 Å². The van der Waals surface area contributed by atoms with Gasteiger partial charge in [-0.3, -0.25) is 9.59 Å². The first-order chi connectivity index (χ1) is 10.2. The van der Waals surface area contributed by atoms with E-state index in [0.717, 1.165) is 17.7 Å². The van der Waals surface area contributed by atoms with Crippen molar-refractivity contribution in [3.63, 3.8) is 0 Å². The third-order valence-electron chi connectivity index (χ3n) is 3.70. The van der Waals surface area contributed by atoms with Crippen LogP contribution in [-0.2, 0) is 16.0 Å². The summed E-state index contributed by atoms with van der Waals surface area (Å²) in [5.41, 5.74) is 1.05. The third kappa shape index (κ3) is 3.74. The van der Waals surface area contributed by atoms with E-state index in [9.17, 15) is 9.59 Å². The van der Waals surface area contributed by atoms with Crippen LogP contribution >= 0.6 is 0 Å². The molecule has 1 N–H and O–H groups in total. The average Bonchev–Trinajstić information content (AvgIpc) is 2.49. The van der Waals surface area contributed by atoms with Gasteiger partial charge in [0.25, 0.3) is 0 Å². The highest BCUT2D eigenvalue weighted by Crippen LogP contribution is 2.18. The van der Waals surface area contributed by atoms with Gasteiger partial charge in [-0.25, -0.2) is 0 Å². The van der Waals surface area contributed by atoms with Gasteiger partial charge in [-0.1, -0.05) is 31.5 Å². The molecule has 0 bridgehead atoms. The molecule has 0 radical (unpaired) electrons. The molecule has 114 valence electrons. The molecule has 21 heavy (non-hydrogen) atoms. The number of hydrogen-bond donors (Lipinski definition) is 1. The van der Waals surface area contributed by atoms with Gasteiger partial charge < -0.3 is 15.0 Å². The number of benzene rings is 1. The Morgan fingerprint density at radius 3 is 2.81 bits per heavy atom. The number of amides is 2. The zero-order valence-corrected chi connectivity index (χ0v) is 12.6. The van der Waals surface area contributed by atoms with Crippen molar-refractivity contribution < 1.29 is 14.3 Å². The molecule has 1 saturated heterocycles. The van der Waals surface area contributed by atoms with E-state index >= 15 is 0 Å². The lowest BCUT2D eigenvalue weighted by Crippen LogP contribution is -2.58. The molecule has 2 rings (SSSR count). The standard InChI is InChI=1S/C16H22N2O3/c1-3-6-13-16(20)18(11-15(19)17-13)10-9-12-7-4-5-8-14(12)21-2/h4-5,7-8,13H,3,6,9-11H2,1-2H3,(H,17,19). The van der Waals surface area contributed by atoms with Crippen molar-refractivity contribution in [2.75, 3.05) is 20.2 Å². The first-order valence-electron chi connectivity index (χ1n) is 7.35. The molecule has 1 aliphatic heterocycles. The maximum absolute atomic E-state index is 12.3. The molecule has 0 aromatic heterocycles. The first kappa shape index (κ1) is 15.4. The van der Waals surface area contributed by atoms with Crippen LogP contribution < -0.4 is 10.1 Å². The first-order valence-corrected chi connectivity index (χ1v) is 7.35. The minimum absolute atomic E-state index is 0.0198. The van der Waals surface area contributed by atoms with E-state index in [0.29, 0.717) is 19.4 Å². The van der Waals surface area contributed by atoms with Gasteiger partial charge in [0, 0.05) is 6.54 Å². The van der Waals surface area contributed by atoms with Crippen LogP contribution in [0.2, 0.25) is 0 Å². The molecule has 5 heteroatoms. The Balaban J connectivity index is 2.01. The summed E-state index contributed by atoms with van der Waals surface area (Å²) in [5.74, 6) is 0.760. The van der Waals surface area contributed by atoms with Gasteiger partial charge in [-0.05, 0) is 24.5 Å². The van der Waals surface area contributed by atoms with Gasteiger partial charge in [0.05, 0.1) is 13.7 Å². The molecule has 1 unspecified atom stereocenters. The summed E-state index contributed by atoms with van der Waals surface area (Å²) < 4.78 is 5.31. The number of hydrogen-bond acceptors (Lipinski definition) is 3. The Bertz CT molecular complexity index is 516. The molecule has 1 fully saturated rings. The second-order valence-corrected chi connectivity index (χ2v) is 5.23. The highest BCUT2D eigenvalue weighted by molar-refractivity contribution is 5.94. The second kappa shape index (κ2) is 7.11. The van der Waals surface area contributed by atoms with Crippen LogP contribution in [0.4, 0.5) is 0 Å². The highest BCUT2D eigenvalue weighted by Gasteiger charge is 2.31. The minimum atomic E-state index is -0.367. The van der Waals surface area contributed by atoms with Crippen LogP contribution in [0.1, 0.15) is 25.3 Å². The smallest absolute Gasteiger partial charge is 0.245 e. The van der Waals surface area contributed by atoms with Crippen LogP contribution in [0.3, 0.4) is 0 Å². The molecule has 1 aromatic rings. The molecule has 2 amide bonds. The summed E-state index contributed by atoms with van der Waals surface area (Å²) in [6.07, 6.45) is 2.24. The molecule has 0 spiro atoms. The van der Waals surface area contributed by atoms with E-state index in [1.165, 1.54) is 0 Å². The van der Waals surface area contributed by atoms with E-state index in [1.54, 1.807) is 12.0 Å². The topological polar surface area (TPSA) is 58.6 Å². The molecule has 0 saturated carbocycles. The third-order valence-corrected chi connectivity index (χ3v) is 3.70. The van der Waals surface area contributed by atoms with Crippen LogP contribution in [0.15, 0.2) is 24.3 Å². The lowest BCUT2D eigenvalue weighted by atomic mass is 10.1. The van der Waals surface area contributed by atoms with E-state index in [-0.39, 0.29) is 24.4 Å². The monoisotopic (exact) mass is 290 g/mol. The zero-order chi connectivity index (χ0) is 15.2. The van der Waals surface area contributed by atoms with Gasteiger partial charge >= 0.3 is 0 Å². The van der Waals surface area contributed by atoms with Gasteiger partial charge in [-0.15, -0.1) is 0 Å². The van der Waals surface area contributed by atoms with Crippen LogP contribution in [0.25, 0.3) is 0 Å². The summed E-state index contributed by atoms with van der Waals surface area (Å²) in [6.45, 7) is 2.69. The Kier molecular flexibility index (Phi) is 5.20. The van der Waals surface area contributed by atoms with E-state index in [4.69, 9.17) is 4.74 Å². The Morgan fingerprint density at radius 1 is 1.33 bits per heavy atom. The quantitative estimate of drug-likeness (QED) is 0.860. The summed E-state index contributed by atoms with van der Waals surface area (Å²) in [5, 5.41) is 2.76. The number of methoxy groups -OCH3 is 1. The summed E-state index contributed by atoms with van der Waals surface area (Å²) in [4.78, 5) is 25.7. The van der Waals surface area contributed by atoms with Crippen molar-refractivity contribution in [2.45, 2.75) is 32.2 Å². The number of nitrogens with zero attached hydrogens (tertiary/aromatic N) is 1. The summed E-state index contributed by atoms with van der Waals surface area (Å²) >= 11 is 0. The SMILES string of the molecule is CCCC1NC(=O)CN(CCc2ccccc2OC)C1=O. The lowest BCUT2D eigenvalue weighted by molar-refractivity contribution is -0.144. The van der Waals surface area contributed by atoms with Crippen molar-refractivity contribution in [3.05, 3.63) is 29.8 Å². The Morgan fingerprint density at radius 2 is 2.10 bits per heavy atom. The summed E-state index contributed by atoms with van der Waals surface area (Å²) in [7, 11) is 1.63. The van der Waals surface area contributed by atoms with Gasteiger partial charge in [-0.2, -0.15) is 0 Å². The predicted octanol–water partition coefficient (Wildman–Crippen LogP) is 1.36. The molecule has 1 aliphatic rings. The minimum Gasteiger partial charge on any atom is -0.496 e. The molecular formula is C16H22N2O3. The van der Waals surface area contributed by atoms with Crippen LogP contribution in [-0.4, -0.2) is 43.0 Å². The Hall–Kier alpha value is -2.04. The molecule has 1 heterocycles. The van der Waals surface area contributed by atoms with Crippen molar-refractivity contribution >= 4 is 11.8 Å². The number of para-hydroxylation sites is 1. The van der Waals surface area contributed by atoms with Gasteiger partial charge in [0.1, 0.15) is 11.8 Å². The maximum Gasteiger partial charge on any atom is 0.245 e. The number of rotatable bonds is 6. The molecule has 1 atom stereocenters. The predicted molar refractivity (Wildman–Crippen MR) is 80.1 cm³/mol. The Labute approximate surface area is 125 Å². The van der Waals surface area contributed by atoms with Crippen molar-refractivity contribution in [1.29, 1.82) is 0 Å². The van der Waals surface area contributed by atoms with E-state index in [2.05, 4.69) is 5.32 Å². The molecule has 1 aromatic carbocycles. The van der Waals surface area contributed by atoms with Crippen molar-refractivity contribution in [1.82, 2.24) is 10.2 Å². The number of nitrogens with one attached hydrogen (secondary N) is 1. The zero-order valence-electron chi connectivity index (χ0n) is 12.6. The normalized spacial score (nSPS) is 18.6. The number of carbonyl (C=O) groups excluding carboxylic acids is 2.